The van der Waals surface area contributed by atoms with Crippen molar-refractivity contribution >= 4 is 11.4 Å². The van der Waals surface area contributed by atoms with Crippen LogP contribution in [0.4, 0.5) is 11.4 Å². The van der Waals surface area contributed by atoms with Crippen molar-refractivity contribution in [3.8, 4) is 0 Å². The summed E-state index contributed by atoms with van der Waals surface area (Å²) in [6, 6.07) is 5.32. The van der Waals surface area contributed by atoms with Gasteiger partial charge in [0.1, 0.15) is 5.69 Å². The van der Waals surface area contributed by atoms with E-state index in [4.69, 9.17) is 0 Å². The molecule has 5 heteroatoms. The van der Waals surface area contributed by atoms with E-state index in [-0.39, 0.29) is 10.6 Å². The minimum Gasteiger partial charge on any atom is -0.389 e. The number of hydrogen-bond donors (Lipinski definition) is 1. The van der Waals surface area contributed by atoms with Crippen molar-refractivity contribution < 1.29 is 10.0 Å². The Bertz CT molecular complexity index is 488. The number of anilines is 1. The van der Waals surface area contributed by atoms with Gasteiger partial charge in [-0.2, -0.15) is 0 Å². The first kappa shape index (κ1) is 13.8. The van der Waals surface area contributed by atoms with Crippen LogP contribution in [0.25, 0.3) is 0 Å². The van der Waals surface area contributed by atoms with Gasteiger partial charge in [-0.05, 0) is 37.8 Å². The number of aliphatic hydroxyl groups excluding tert-OH is 1. The molecule has 1 aliphatic rings. The molecule has 1 aromatic rings. The number of nitro benzene ring substituents is 1. The zero-order valence-electron chi connectivity index (χ0n) is 11.5. The van der Waals surface area contributed by atoms with Gasteiger partial charge in [-0.15, -0.1) is 0 Å². The Kier molecular flexibility index (Phi) is 3.75. The molecule has 3 atom stereocenters. The van der Waals surface area contributed by atoms with E-state index in [0.717, 1.165) is 13.0 Å². The predicted molar refractivity (Wildman–Crippen MR) is 74.3 cm³/mol. The molecule has 0 bridgehead atoms. The van der Waals surface area contributed by atoms with Gasteiger partial charge in [-0.25, -0.2) is 0 Å². The highest BCUT2D eigenvalue weighted by Gasteiger charge is 2.31. The zero-order chi connectivity index (χ0) is 14.2. The first-order chi connectivity index (χ1) is 8.90. The largest absolute Gasteiger partial charge is 0.389 e. The summed E-state index contributed by atoms with van der Waals surface area (Å²) in [6.07, 6.45) is 0.359. The van der Waals surface area contributed by atoms with Gasteiger partial charge in [-0.3, -0.25) is 10.1 Å². The second-order valence-corrected chi connectivity index (χ2v) is 5.52. The number of nitro groups is 1. The smallest absolute Gasteiger partial charge is 0.292 e. The van der Waals surface area contributed by atoms with E-state index in [1.165, 1.54) is 6.07 Å². The van der Waals surface area contributed by atoms with E-state index in [2.05, 4.69) is 18.7 Å². The Morgan fingerprint density at radius 3 is 2.63 bits per heavy atom. The predicted octanol–water partition coefficient (Wildman–Crippen LogP) is 2.88. The molecule has 0 amide bonds. The van der Waals surface area contributed by atoms with Crippen molar-refractivity contribution in [2.75, 3.05) is 11.4 Å². The van der Waals surface area contributed by atoms with Crippen molar-refractivity contribution in [2.45, 2.75) is 39.3 Å². The van der Waals surface area contributed by atoms with Gasteiger partial charge in [-0.1, -0.05) is 13.0 Å². The molecule has 1 aromatic carbocycles. The van der Waals surface area contributed by atoms with E-state index >= 15 is 0 Å². The van der Waals surface area contributed by atoms with Gasteiger partial charge >= 0.3 is 0 Å². The standard InChI is InChI=1S/C14H20N2O3/c1-9-6-10(2)15(8-9)13-5-4-12(11(3)17)7-14(13)16(18)19/h4-5,7,9-11,17H,6,8H2,1-3H3. The molecule has 0 saturated carbocycles. The van der Waals surface area contributed by atoms with Gasteiger partial charge in [0.2, 0.25) is 0 Å². The molecule has 0 aliphatic carbocycles. The molecule has 1 N–H and O–H groups in total. The van der Waals surface area contributed by atoms with E-state index in [0.29, 0.717) is 23.2 Å². The lowest BCUT2D eigenvalue weighted by atomic mass is 10.1. The van der Waals surface area contributed by atoms with Crippen LogP contribution >= 0.6 is 0 Å². The third kappa shape index (κ3) is 2.71. The maximum absolute atomic E-state index is 11.2. The fourth-order valence-corrected chi connectivity index (χ4v) is 2.83. The lowest BCUT2D eigenvalue weighted by molar-refractivity contribution is -0.384. The summed E-state index contributed by atoms with van der Waals surface area (Å²) in [4.78, 5) is 13.0. The average molecular weight is 264 g/mol. The summed E-state index contributed by atoms with van der Waals surface area (Å²) in [7, 11) is 0. The van der Waals surface area contributed by atoms with Crippen molar-refractivity contribution in [3.63, 3.8) is 0 Å². The second kappa shape index (κ2) is 5.17. The second-order valence-electron chi connectivity index (χ2n) is 5.52. The molecule has 3 unspecified atom stereocenters. The van der Waals surface area contributed by atoms with Gasteiger partial charge in [0.15, 0.2) is 0 Å². The van der Waals surface area contributed by atoms with Crippen LogP contribution in [0.15, 0.2) is 18.2 Å². The highest BCUT2D eigenvalue weighted by molar-refractivity contribution is 5.65. The number of benzene rings is 1. The van der Waals surface area contributed by atoms with Crippen LogP contribution in [0.5, 0.6) is 0 Å². The molecular weight excluding hydrogens is 244 g/mol. The molecule has 1 heterocycles. The molecule has 19 heavy (non-hydrogen) atoms. The van der Waals surface area contributed by atoms with Crippen molar-refractivity contribution in [3.05, 3.63) is 33.9 Å². The Hall–Kier alpha value is -1.62. The quantitative estimate of drug-likeness (QED) is 0.673. The van der Waals surface area contributed by atoms with Crippen LogP contribution in [0.3, 0.4) is 0 Å². The molecule has 1 aliphatic heterocycles. The van der Waals surface area contributed by atoms with Gasteiger partial charge in [0.05, 0.1) is 11.0 Å². The summed E-state index contributed by atoms with van der Waals surface area (Å²) < 4.78 is 0. The number of nitrogens with zero attached hydrogens (tertiary/aromatic N) is 2. The van der Waals surface area contributed by atoms with E-state index in [1.54, 1.807) is 19.1 Å². The number of rotatable bonds is 3. The minimum atomic E-state index is -0.692. The molecule has 0 aromatic heterocycles. The lowest BCUT2D eigenvalue weighted by Gasteiger charge is -2.24. The van der Waals surface area contributed by atoms with Crippen molar-refractivity contribution in [1.82, 2.24) is 0 Å². The van der Waals surface area contributed by atoms with Crippen LogP contribution in [0, 0.1) is 16.0 Å². The average Bonchev–Trinajstić information content (AvgIpc) is 2.67. The fourth-order valence-electron chi connectivity index (χ4n) is 2.83. The normalized spacial score (nSPS) is 24.5. The van der Waals surface area contributed by atoms with Gasteiger partial charge < -0.3 is 10.0 Å². The maximum Gasteiger partial charge on any atom is 0.292 e. The van der Waals surface area contributed by atoms with Crippen molar-refractivity contribution in [2.24, 2.45) is 5.92 Å². The summed E-state index contributed by atoms with van der Waals surface area (Å²) in [6.45, 7) is 6.71. The van der Waals surface area contributed by atoms with Crippen LogP contribution in [-0.2, 0) is 0 Å². The molecular formula is C14H20N2O3. The third-order valence-corrected chi connectivity index (χ3v) is 3.77. The highest BCUT2D eigenvalue weighted by Crippen LogP contribution is 2.36. The van der Waals surface area contributed by atoms with Crippen LogP contribution in [0.2, 0.25) is 0 Å². The van der Waals surface area contributed by atoms with Crippen molar-refractivity contribution in [1.29, 1.82) is 0 Å². The van der Waals surface area contributed by atoms with Crippen LogP contribution in [0.1, 0.15) is 38.9 Å². The molecule has 1 fully saturated rings. The number of hydrogen-bond acceptors (Lipinski definition) is 4. The monoisotopic (exact) mass is 264 g/mol. The molecule has 0 radical (unpaired) electrons. The van der Waals surface area contributed by atoms with E-state index < -0.39 is 6.10 Å². The molecule has 0 spiro atoms. The van der Waals surface area contributed by atoms with E-state index in [9.17, 15) is 15.2 Å². The first-order valence-electron chi connectivity index (χ1n) is 6.63. The zero-order valence-corrected chi connectivity index (χ0v) is 11.5. The summed E-state index contributed by atoms with van der Waals surface area (Å²) >= 11 is 0. The Morgan fingerprint density at radius 2 is 2.16 bits per heavy atom. The fraction of sp³-hybridized carbons (Fsp3) is 0.571. The number of aliphatic hydroxyl groups is 1. The Balaban J connectivity index is 2.42. The molecule has 2 rings (SSSR count). The summed E-state index contributed by atoms with van der Waals surface area (Å²) in [5, 5.41) is 20.8. The summed E-state index contributed by atoms with van der Waals surface area (Å²) in [5.74, 6) is 0.547. The Labute approximate surface area is 113 Å². The van der Waals surface area contributed by atoms with Crippen LogP contribution < -0.4 is 4.90 Å². The third-order valence-electron chi connectivity index (χ3n) is 3.77. The lowest BCUT2D eigenvalue weighted by Crippen LogP contribution is -2.27. The molecule has 1 saturated heterocycles. The van der Waals surface area contributed by atoms with Gasteiger partial charge in [0, 0.05) is 18.7 Å². The first-order valence-corrected chi connectivity index (χ1v) is 6.63. The Morgan fingerprint density at radius 1 is 1.47 bits per heavy atom. The topological polar surface area (TPSA) is 66.6 Å². The highest BCUT2D eigenvalue weighted by atomic mass is 16.6. The minimum absolute atomic E-state index is 0.0827. The maximum atomic E-state index is 11.2. The van der Waals surface area contributed by atoms with Crippen LogP contribution in [-0.4, -0.2) is 22.6 Å². The van der Waals surface area contributed by atoms with E-state index in [1.807, 2.05) is 0 Å². The summed E-state index contributed by atoms with van der Waals surface area (Å²) in [5.41, 5.74) is 1.32. The molecule has 5 nitrogen and oxygen atoms in total. The van der Waals surface area contributed by atoms with Gasteiger partial charge in [0.25, 0.3) is 5.69 Å². The molecule has 104 valence electrons. The SMILES string of the molecule is CC1CC(C)N(c2ccc(C(C)O)cc2[N+](=O)[O-])C1.